The van der Waals surface area contributed by atoms with E-state index < -0.39 is 15.2 Å². The van der Waals surface area contributed by atoms with Gasteiger partial charge in [0.2, 0.25) is 0 Å². The molecule has 0 atom stereocenters. The van der Waals surface area contributed by atoms with E-state index in [0.29, 0.717) is 0 Å². The molecule has 0 aliphatic rings. The van der Waals surface area contributed by atoms with E-state index >= 15 is 0 Å². The molecular formula is C7H6Br2SZn. The summed E-state index contributed by atoms with van der Waals surface area (Å²) in [6.45, 7) is 3.72. The second-order valence-corrected chi connectivity index (χ2v) is 10.7. The molecule has 0 amide bonds. The second-order valence-electron chi connectivity index (χ2n) is 2.14. The van der Waals surface area contributed by atoms with Crippen LogP contribution in [-0.4, -0.2) is 0 Å². The SMILES string of the molecule is C=CCc1c[c]([Zn][Br])sc1Br. The van der Waals surface area contributed by atoms with E-state index in [0.717, 1.165) is 6.42 Å². The number of hydrogen-bond donors (Lipinski definition) is 0. The van der Waals surface area contributed by atoms with Crippen LogP contribution in [-0.2, 0) is 21.6 Å². The van der Waals surface area contributed by atoms with Crippen LogP contribution in [0.5, 0.6) is 0 Å². The van der Waals surface area contributed by atoms with Crippen LogP contribution in [0, 0.1) is 0 Å². The van der Waals surface area contributed by atoms with E-state index in [-0.39, 0.29) is 0 Å². The molecule has 1 heterocycles. The Labute approximate surface area is 93.2 Å². The van der Waals surface area contributed by atoms with Crippen LogP contribution in [0.25, 0.3) is 0 Å². The van der Waals surface area contributed by atoms with E-state index in [2.05, 4.69) is 42.2 Å². The van der Waals surface area contributed by atoms with Gasteiger partial charge in [-0.2, -0.15) is 0 Å². The Bertz CT molecular complexity index is 257. The van der Waals surface area contributed by atoms with Crippen molar-refractivity contribution >= 4 is 44.4 Å². The minimum atomic E-state index is -0.544. The van der Waals surface area contributed by atoms with Gasteiger partial charge in [-0.3, -0.25) is 0 Å². The van der Waals surface area contributed by atoms with Crippen molar-refractivity contribution in [3.63, 3.8) is 0 Å². The van der Waals surface area contributed by atoms with Crippen LogP contribution >= 0.6 is 40.9 Å². The first-order valence-electron chi connectivity index (χ1n) is 3.22. The topological polar surface area (TPSA) is 0 Å². The predicted octanol–water partition coefficient (Wildman–Crippen LogP) is 3.26. The van der Waals surface area contributed by atoms with Gasteiger partial charge in [-0.15, -0.1) is 0 Å². The molecule has 0 N–H and O–H groups in total. The molecule has 0 nitrogen and oxygen atoms in total. The quantitative estimate of drug-likeness (QED) is 0.582. The maximum atomic E-state index is 3.72. The van der Waals surface area contributed by atoms with E-state index in [1.165, 1.54) is 9.35 Å². The summed E-state index contributed by atoms with van der Waals surface area (Å²) in [5.74, 6) is 0. The van der Waals surface area contributed by atoms with Crippen molar-refractivity contribution in [3.8, 4) is 0 Å². The van der Waals surface area contributed by atoms with Crippen LogP contribution in [0.3, 0.4) is 0 Å². The van der Waals surface area contributed by atoms with Gasteiger partial charge in [0, 0.05) is 0 Å². The summed E-state index contributed by atoms with van der Waals surface area (Å²) in [5.41, 5.74) is 1.38. The van der Waals surface area contributed by atoms with Crippen LogP contribution in [0.1, 0.15) is 5.56 Å². The average Bonchev–Trinajstić information content (AvgIpc) is 2.33. The molecule has 0 bridgehead atoms. The zero-order chi connectivity index (χ0) is 8.27. The van der Waals surface area contributed by atoms with E-state index in [1.54, 1.807) is 3.47 Å². The molecule has 1 aromatic heterocycles. The zero-order valence-electron chi connectivity index (χ0n) is 5.94. The van der Waals surface area contributed by atoms with Crippen LogP contribution < -0.4 is 3.47 Å². The average molecular weight is 347 g/mol. The molecule has 1 aromatic rings. The first kappa shape index (κ1) is 10.1. The molecule has 4 heteroatoms. The van der Waals surface area contributed by atoms with Crippen molar-refractivity contribution < 1.29 is 15.2 Å². The third kappa shape index (κ3) is 2.76. The van der Waals surface area contributed by atoms with Crippen LogP contribution in [0.2, 0.25) is 0 Å². The molecule has 0 radical (unpaired) electrons. The number of hydrogen-bond acceptors (Lipinski definition) is 1. The number of halogens is 2. The Hall–Kier alpha value is 1.02. The summed E-state index contributed by atoms with van der Waals surface area (Å²) in [6.07, 6.45) is 2.92. The second kappa shape index (κ2) is 4.91. The first-order valence-corrected chi connectivity index (χ1v) is 13.3. The fraction of sp³-hybridized carbons (Fsp3) is 0.143. The van der Waals surface area contributed by atoms with Crippen molar-refractivity contribution in [3.05, 3.63) is 28.1 Å². The molecule has 56 valence electrons. The van der Waals surface area contributed by atoms with Gasteiger partial charge in [0.25, 0.3) is 0 Å². The van der Waals surface area contributed by atoms with E-state index in [1.807, 2.05) is 17.4 Å². The van der Waals surface area contributed by atoms with Crippen molar-refractivity contribution in [1.29, 1.82) is 0 Å². The molecule has 0 aliphatic carbocycles. The monoisotopic (exact) mass is 344 g/mol. The molecule has 0 aromatic carbocycles. The van der Waals surface area contributed by atoms with Gasteiger partial charge >= 0.3 is 94.0 Å². The van der Waals surface area contributed by atoms with E-state index in [4.69, 9.17) is 0 Å². The fourth-order valence-electron chi connectivity index (χ4n) is 0.822. The molecular weight excluding hydrogens is 341 g/mol. The van der Waals surface area contributed by atoms with Gasteiger partial charge in [0.1, 0.15) is 0 Å². The van der Waals surface area contributed by atoms with Crippen molar-refractivity contribution in [2.45, 2.75) is 6.42 Å². The van der Waals surface area contributed by atoms with Gasteiger partial charge in [-0.05, 0) is 0 Å². The van der Waals surface area contributed by atoms with Crippen molar-refractivity contribution in [2.75, 3.05) is 0 Å². The van der Waals surface area contributed by atoms with Gasteiger partial charge in [-0.1, -0.05) is 0 Å². The third-order valence-electron chi connectivity index (χ3n) is 1.30. The molecule has 0 aliphatic heterocycles. The molecule has 0 spiro atoms. The van der Waals surface area contributed by atoms with Gasteiger partial charge in [-0.25, -0.2) is 0 Å². The molecule has 11 heavy (non-hydrogen) atoms. The van der Waals surface area contributed by atoms with Crippen LogP contribution in [0.15, 0.2) is 22.5 Å². The fourth-order valence-corrected chi connectivity index (χ4v) is 8.37. The number of allylic oxidation sites excluding steroid dienone is 1. The minimum absolute atomic E-state index is 0.544. The standard InChI is InChI=1S/C7H6BrS.BrH.Zn/c1-2-3-6-4-5-9-7(6)8;;/h2,4H,1,3H2;1H;/q;;+1/p-1. The molecule has 0 unspecified atom stereocenters. The van der Waals surface area contributed by atoms with Crippen molar-refractivity contribution in [1.82, 2.24) is 0 Å². The van der Waals surface area contributed by atoms with Crippen molar-refractivity contribution in [2.24, 2.45) is 0 Å². The Kier molecular flexibility index (Phi) is 4.51. The molecule has 0 saturated heterocycles. The van der Waals surface area contributed by atoms with E-state index in [9.17, 15) is 0 Å². The first-order chi connectivity index (χ1) is 5.27. The van der Waals surface area contributed by atoms with Gasteiger partial charge in [0.05, 0.1) is 0 Å². The van der Waals surface area contributed by atoms with Gasteiger partial charge in [0.15, 0.2) is 0 Å². The Morgan fingerprint density at radius 3 is 2.91 bits per heavy atom. The summed E-state index contributed by atoms with van der Waals surface area (Å²) >= 11 is 8.46. The Morgan fingerprint density at radius 2 is 2.45 bits per heavy atom. The Balaban J connectivity index is 2.87. The maximum absolute atomic E-state index is 3.72. The number of thiophene rings is 1. The molecule has 0 saturated carbocycles. The summed E-state index contributed by atoms with van der Waals surface area (Å²) < 4.78 is 2.82. The number of rotatable bonds is 3. The summed E-state index contributed by atoms with van der Waals surface area (Å²) in [4.78, 5) is 0. The normalized spacial score (nSPS) is 9.27. The zero-order valence-corrected chi connectivity index (χ0v) is 12.9. The Morgan fingerprint density at radius 1 is 1.73 bits per heavy atom. The van der Waals surface area contributed by atoms with Crippen LogP contribution in [0.4, 0.5) is 0 Å². The van der Waals surface area contributed by atoms with Gasteiger partial charge < -0.3 is 0 Å². The predicted molar refractivity (Wildman–Crippen MR) is 54.5 cm³/mol. The summed E-state index contributed by atoms with van der Waals surface area (Å²) in [5, 5.41) is 0. The third-order valence-corrected chi connectivity index (χ3v) is 10.8. The molecule has 1 rings (SSSR count). The summed E-state index contributed by atoms with van der Waals surface area (Å²) in [7, 11) is 0. The molecule has 0 fully saturated rings. The summed E-state index contributed by atoms with van der Waals surface area (Å²) in [6, 6.07) is 2.28.